The number of hydrogen-bond acceptors (Lipinski definition) is 3. The Morgan fingerprint density at radius 2 is 2.07 bits per heavy atom. The number of nitro benzene ring substituents is 1. The van der Waals surface area contributed by atoms with Crippen LogP contribution < -0.4 is 0 Å². The quantitative estimate of drug-likeness (QED) is 0.590. The standard InChI is InChI=1S/C10H13ClN2O2/c1-7-4-8(6-12(2)3)10(13(14)15)5-9(7)11/h4-5H,6H2,1-3H3. The zero-order chi connectivity index (χ0) is 11.6. The normalized spacial score (nSPS) is 10.7. The van der Waals surface area contributed by atoms with E-state index in [1.165, 1.54) is 6.07 Å². The van der Waals surface area contributed by atoms with Gasteiger partial charge in [-0.25, -0.2) is 0 Å². The van der Waals surface area contributed by atoms with Crippen molar-refractivity contribution < 1.29 is 4.92 Å². The van der Waals surface area contributed by atoms with Crippen LogP contribution in [0.15, 0.2) is 12.1 Å². The molecule has 0 saturated heterocycles. The molecule has 1 rings (SSSR count). The molecule has 0 spiro atoms. The van der Waals surface area contributed by atoms with Crippen LogP contribution in [0.1, 0.15) is 11.1 Å². The molecule has 0 amide bonds. The number of nitrogens with zero attached hydrogens (tertiary/aromatic N) is 2. The van der Waals surface area contributed by atoms with Crippen molar-refractivity contribution in [3.05, 3.63) is 38.4 Å². The highest BCUT2D eigenvalue weighted by Crippen LogP contribution is 2.27. The summed E-state index contributed by atoms with van der Waals surface area (Å²) in [4.78, 5) is 12.3. The highest BCUT2D eigenvalue weighted by atomic mass is 35.5. The van der Waals surface area contributed by atoms with Gasteiger partial charge in [-0.2, -0.15) is 0 Å². The lowest BCUT2D eigenvalue weighted by atomic mass is 10.1. The van der Waals surface area contributed by atoms with Crippen LogP contribution in [0.5, 0.6) is 0 Å². The zero-order valence-corrected chi connectivity index (χ0v) is 9.71. The molecule has 1 aromatic carbocycles. The summed E-state index contributed by atoms with van der Waals surface area (Å²) in [5.41, 5.74) is 1.63. The second-order valence-corrected chi connectivity index (χ2v) is 4.13. The number of aryl methyl sites for hydroxylation is 1. The number of nitro groups is 1. The van der Waals surface area contributed by atoms with Crippen molar-refractivity contribution in [1.82, 2.24) is 4.90 Å². The van der Waals surface area contributed by atoms with Crippen molar-refractivity contribution in [2.24, 2.45) is 0 Å². The largest absolute Gasteiger partial charge is 0.305 e. The summed E-state index contributed by atoms with van der Waals surface area (Å²) < 4.78 is 0. The van der Waals surface area contributed by atoms with Crippen molar-refractivity contribution in [1.29, 1.82) is 0 Å². The Bertz CT molecular complexity index is 391. The van der Waals surface area contributed by atoms with Crippen LogP contribution in [0.4, 0.5) is 5.69 Å². The molecular weight excluding hydrogens is 216 g/mol. The van der Waals surface area contributed by atoms with Gasteiger partial charge >= 0.3 is 0 Å². The Balaban J connectivity index is 3.22. The van der Waals surface area contributed by atoms with Gasteiger partial charge in [0.25, 0.3) is 5.69 Å². The van der Waals surface area contributed by atoms with E-state index in [9.17, 15) is 10.1 Å². The number of hydrogen-bond donors (Lipinski definition) is 0. The van der Waals surface area contributed by atoms with Gasteiger partial charge in [-0.1, -0.05) is 11.6 Å². The second kappa shape index (κ2) is 4.59. The fraction of sp³-hybridized carbons (Fsp3) is 0.400. The van der Waals surface area contributed by atoms with Crippen LogP contribution in [0.2, 0.25) is 5.02 Å². The number of benzene rings is 1. The van der Waals surface area contributed by atoms with Crippen LogP contribution in [0, 0.1) is 17.0 Å². The predicted molar refractivity (Wildman–Crippen MR) is 60.2 cm³/mol. The van der Waals surface area contributed by atoms with Gasteiger partial charge in [0.2, 0.25) is 0 Å². The van der Waals surface area contributed by atoms with Gasteiger partial charge < -0.3 is 4.90 Å². The summed E-state index contributed by atoms with van der Waals surface area (Å²) in [6.07, 6.45) is 0. The maximum Gasteiger partial charge on any atom is 0.275 e. The molecule has 0 saturated carbocycles. The van der Waals surface area contributed by atoms with E-state index in [0.717, 1.165) is 5.56 Å². The van der Waals surface area contributed by atoms with Gasteiger partial charge in [0.05, 0.1) is 9.95 Å². The molecule has 4 nitrogen and oxygen atoms in total. The summed E-state index contributed by atoms with van der Waals surface area (Å²) >= 11 is 5.85. The number of halogens is 1. The van der Waals surface area contributed by atoms with Crippen LogP contribution in [-0.2, 0) is 6.54 Å². The van der Waals surface area contributed by atoms with Crippen molar-refractivity contribution in [3.8, 4) is 0 Å². The van der Waals surface area contributed by atoms with E-state index in [1.54, 1.807) is 6.07 Å². The minimum Gasteiger partial charge on any atom is -0.305 e. The van der Waals surface area contributed by atoms with Gasteiger partial charge in [0, 0.05) is 18.2 Å². The van der Waals surface area contributed by atoms with E-state index < -0.39 is 4.92 Å². The van der Waals surface area contributed by atoms with E-state index >= 15 is 0 Å². The van der Waals surface area contributed by atoms with Crippen molar-refractivity contribution in [2.75, 3.05) is 14.1 Å². The minimum absolute atomic E-state index is 0.0827. The lowest BCUT2D eigenvalue weighted by Crippen LogP contribution is -2.12. The Morgan fingerprint density at radius 3 is 2.53 bits per heavy atom. The molecular formula is C10H13ClN2O2. The SMILES string of the molecule is Cc1cc(CN(C)C)c([N+](=O)[O-])cc1Cl. The third-order valence-corrected chi connectivity index (χ3v) is 2.45. The smallest absolute Gasteiger partial charge is 0.275 e. The molecule has 0 aliphatic carbocycles. The molecule has 0 bridgehead atoms. The van der Waals surface area contributed by atoms with E-state index in [2.05, 4.69) is 0 Å². The summed E-state index contributed by atoms with van der Waals surface area (Å²) in [5.74, 6) is 0. The molecule has 0 heterocycles. The fourth-order valence-electron chi connectivity index (χ4n) is 1.37. The van der Waals surface area contributed by atoms with Crippen LogP contribution in [0.25, 0.3) is 0 Å². The highest BCUT2D eigenvalue weighted by Gasteiger charge is 2.16. The first-order valence-electron chi connectivity index (χ1n) is 4.50. The summed E-state index contributed by atoms with van der Waals surface area (Å²) in [6.45, 7) is 2.37. The molecule has 0 aliphatic rings. The van der Waals surface area contributed by atoms with Crippen molar-refractivity contribution in [3.63, 3.8) is 0 Å². The van der Waals surface area contributed by atoms with E-state index in [4.69, 9.17) is 11.6 Å². The van der Waals surface area contributed by atoms with E-state index in [1.807, 2.05) is 25.9 Å². The molecule has 82 valence electrons. The van der Waals surface area contributed by atoms with Gasteiger partial charge in [0.15, 0.2) is 0 Å². The Morgan fingerprint density at radius 1 is 1.47 bits per heavy atom. The lowest BCUT2D eigenvalue weighted by Gasteiger charge is -2.11. The van der Waals surface area contributed by atoms with E-state index in [-0.39, 0.29) is 5.69 Å². The van der Waals surface area contributed by atoms with Crippen molar-refractivity contribution in [2.45, 2.75) is 13.5 Å². The molecule has 5 heteroatoms. The molecule has 0 aromatic heterocycles. The van der Waals surface area contributed by atoms with Crippen LogP contribution in [-0.4, -0.2) is 23.9 Å². The zero-order valence-electron chi connectivity index (χ0n) is 8.95. The predicted octanol–water partition coefficient (Wildman–Crippen LogP) is 2.62. The summed E-state index contributed by atoms with van der Waals surface area (Å²) in [6, 6.07) is 3.18. The molecule has 0 radical (unpaired) electrons. The monoisotopic (exact) mass is 228 g/mol. The molecule has 15 heavy (non-hydrogen) atoms. The van der Waals surface area contributed by atoms with Crippen LogP contribution >= 0.6 is 11.6 Å². The maximum atomic E-state index is 10.8. The summed E-state index contributed by atoms with van der Waals surface area (Å²) in [7, 11) is 3.74. The highest BCUT2D eigenvalue weighted by molar-refractivity contribution is 6.31. The topological polar surface area (TPSA) is 46.4 Å². The molecule has 0 fully saturated rings. The first-order valence-corrected chi connectivity index (χ1v) is 4.87. The first-order chi connectivity index (χ1) is 6.91. The first kappa shape index (κ1) is 11.9. The minimum atomic E-state index is -0.399. The summed E-state index contributed by atoms with van der Waals surface area (Å²) in [5, 5.41) is 11.2. The lowest BCUT2D eigenvalue weighted by molar-refractivity contribution is -0.385. The van der Waals surface area contributed by atoms with Gasteiger partial charge in [0.1, 0.15) is 0 Å². The van der Waals surface area contributed by atoms with Gasteiger partial charge in [-0.15, -0.1) is 0 Å². The fourth-order valence-corrected chi connectivity index (χ4v) is 1.53. The van der Waals surface area contributed by atoms with Gasteiger partial charge in [-0.05, 0) is 32.6 Å². The Hall–Kier alpha value is -1.13. The molecule has 1 aromatic rings. The average molecular weight is 229 g/mol. The van der Waals surface area contributed by atoms with Gasteiger partial charge in [-0.3, -0.25) is 10.1 Å². The molecule has 0 atom stereocenters. The molecule has 0 N–H and O–H groups in total. The van der Waals surface area contributed by atoms with E-state index in [0.29, 0.717) is 17.1 Å². The maximum absolute atomic E-state index is 10.8. The third-order valence-electron chi connectivity index (χ3n) is 2.04. The third kappa shape index (κ3) is 2.91. The molecule has 0 unspecified atom stereocenters. The second-order valence-electron chi connectivity index (χ2n) is 3.72. The number of rotatable bonds is 3. The van der Waals surface area contributed by atoms with Crippen molar-refractivity contribution >= 4 is 17.3 Å². The van der Waals surface area contributed by atoms with Crippen LogP contribution in [0.3, 0.4) is 0 Å². The Kier molecular flexibility index (Phi) is 3.66. The average Bonchev–Trinajstić information content (AvgIpc) is 2.09. The Labute approximate surface area is 93.6 Å². The molecule has 0 aliphatic heterocycles.